The molecule has 20 nitrogen and oxygen atoms in total. The van der Waals surface area contributed by atoms with Gasteiger partial charge in [0.1, 0.15) is 30.4 Å². The van der Waals surface area contributed by atoms with Crippen molar-refractivity contribution in [3.05, 3.63) is 101 Å². The van der Waals surface area contributed by atoms with Crippen molar-refractivity contribution in [2.75, 3.05) is 62.0 Å². The molecule has 2 aromatic carbocycles. The van der Waals surface area contributed by atoms with Gasteiger partial charge in [-0.2, -0.15) is 18.3 Å². The van der Waals surface area contributed by atoms with E-state index in [1.165, 1.54) is 35.3 Å². The summed E-state index contributed by atoms with van der Waals surface area (Å²) in [6, 6.07) is 13.9. The number of hydrogen-bond acceptors (Lipinski definition) is 16. The Labute approximate surface area is 361 Å². The lowest BCUT2D eigenvalue weighted by atomic mass is 10.0. The normalized spacial score (nSPS) is 15.6. The third kappa shape index (κ3) is 10.9. The fourth-order valence-corrected chi connectivity index (χ4v) is 6.80. The second-order valence-electron chi connectivity index (χ2n) is 14.4. The number of carbonyl (C=O) groups is 5. The molecule has 2 aliphatic heterocycles. The smallest absolute Gasteiger partial charge is 0.405 e. The Morgan fingerprint density at radius 1 is 0.984 bits per heavy atom. The molecule has 2 aliphatic rings. The average molecular weight is 890 g/mol. The Morgan fingerprint density at radius 2 is 1.75 bits per heavy atom. The number of pyridine rings is 1. The molecule has 1 saturated heterocycles. The zero-order chi connectivity index (χ0) is 45.4. The number of aromatic nitrogens is 4. The summed E-state index contributed by atoms with van der Waals surface area (Å²) in [4.78, 5) is 71.4. The van der Waals surface area contributed by atoms with Crippen molar-refractivity contribution in [3.8, 4) is 17.1 Å². The zero-order valence-corrected chi connectivity index (χ0v) is 33.8. The molecule has 1 fully saturated rings. The largest absolute Gasteiger partial charge is 0.444 e. The number of nitrogens with two attached hydrogens (primary N) is 1. The summed E-state index contributed by atoms with van der Waals surface area (Å²) in [7, 11) is 0. The van der Waals surface area contributed by atoms with Crippen LogP contribution in [0.3, 0.4) is 0 Å². The molecule has 7 rings (SSSR count). The van der Waals surface area contributed by atoms with E-state index in [1.54, 1.807) is 24.3 Å². The third-order valence-corrected chi connectivity index (χ3v) is 9.87. The molecular weight excluding hydrogens is 848 g/mol. The van der Waals surface area contributed by atoms with Crippen LogP contribution >= 0.6 is 0 Å². The summed E-state index contributed by atoms with van der Waals surface area (Å²) in [5, 5.41) is 28.7. The molecule has 5 heterocycles. The molecule has 5 aromatic rings. The van der Waals surface area contributed by atoms with Gasteiger partial charge in [0.2, 0.25) is 17.7 Å². The fraction of sp³-hybridized carbons (Fsp3) is 0.317. The number of alkyl halides is 3. The first-order valence-electron chi connectivity index (χ1n) is 19.9. The fourth-order valence-electron chi connectivity index (χ4n) is 6.80. The van der Waals surface area contributed by atoms with Crippen LogP contribution in [0.4, 0.5) is 30.4 Å². The lowest BCUT2D eigenvalue weighted by Gasteiger charge is -2.27. The van der Waals surface area contributed by atoms with Crippen LogP contribution in [-0.2, 0) is 25.6 Å². The Kier molecular flexibility index (Phi) is 13.9. The molecule has 23 heteroatoms. The van der Waals surface area contributed by atoms with Gasteiger partial charge in [-0.1, -0.05) is 18.2 Å². The Balaban J connectivity index is 0.801. The van der Waals surface area contributed by atoms with Crippen molar-refractivity contribution >= 4 is 46.7 Å². The molecule has 0 spiro atoms. The van der Waals surface area contributed by atoms with Crippen molar-refractivity contribution in [3.63, 3.8) is 0 Å². The predicted octanol–water partition coefficient (Wildman–Crippen LogP) is 2.73. The van der Waals surface area contributed by atoms with Crippen LogP contribution in [0.25, 0.3) is 17.1 Å². The summed E-state index contributed by atoms with van der Waals surface area (Å²) < 4.78 is 56.0. The van der Waals surface area contributed by atoms with Crippen molar-refractivity contribution in [1.82, 2.24) is 35.3 Å². The van der Waals surface area contributed by atoms with Gasteiger partial charge < -0.3 is 46.0 Å². The van der Waals surface area contributed by atoms with E-state index in [2.05, 4.69) is 41.7 Å². The summed E-state index contributed by atoms with van der Waals surface area (Å²) in [6.07, 6.45) is -1.91. The number of halogens is 3. The number of primary amides is 1. The highest BCUT2D eigenvalue weighted by molar-refractivity contribution is 6.25. The molecule has 336 valence electrons. The maximum absolute atomic E-state index is 13.2. The summed E-state index contributed by atoms with van der Waals surface area (Å²) in [5.41, 5.74) is 8.19. The van der Waals surface area contributed by atoms with Crippen molar-refractivity contribution in [2.45, 2.75) is 37.8 Å². The highest BCUT2D eigenvalue weighted by Gasteiger charge is 2.45. The maximum atomic E-state index is 13.2. The van der Waals surface area contributed by atoms with E-state index < -0.39 is 54.5 Å². The lowest BCUT2D eigenvalue weighted by molar-refractivity contribution is -0.136. The molecule has 3 aromatic heterocycles. The molecule has 0 radical (unpaired) electrons. The molecule has 2 unspecified atom stereocenters. The Hall–Kier alpha value is -7.21. The number of ether oxygens (including phenoxy) is 2. The number of fused-ring (bicyclic) bond motifs is 1. The van der Waals surface area contributed by atoms with Crippen molar-refractivity contribution in [1.29, 1.82) is 0 Å². The van der Waals surface area contributed by atoms with E-state index in [0.29, 0.717) is 63.0 Å². The van der Waals surface area contributed by atoms with Crippen LogP contribution < -0.4 is 32.3 Å². The first kappa shape index (κ1) is 44.8. The number of carbonyl (C=O) groups excluding carboxylic acids is 5. The van der Waals surface area contributed by atoms with E-state index in [9.17, 15) is 42.3 Å². The predicted molar refractivity (Wildman–Crippen MR) is 220 cm³/mol. The van der Waals surface area contributed by atoms with E-state index in [1.807, 2.05) is 12.1 Å². The van der Waals surface area contributed by atoms with Gasteiger partial charge in [0.25, 0.3) is 17.7 Å². The summed E-state index contributed by atoms with van der Waals surface area (Å²) in [5.74, 6) is -3.18. The second kappa shape index (κ2) is 19.9. The van der Waals surface area contributed by atoms with Gasteiger partial charge in [0.05, 0.1) is 55.1 Å². The minimum Gasteiger partial charge on any atom is -0.444 e. The minimum atomic E-state index is -4.44. The average Bonchev–Trinajstić information content (AvgIpc) is 4.00. The summed E-state index contributed by atoms with van der Waals surface area (Å²) in [6.45, 7) is 1.53. The highest BCUT2D eigenvalue weighted by atomic mass is 19.4. The highest BCUT2D eigenvalue weighted by Crippen LogP contribution is 2.32. The number of anilines is 3. The monoisotopic (exact) mass is 889 g/mol. The van der Waals surface area contributed by atoms with Gasteiger partial charge in [0.15, 0.2) is 11.9 Å². The topological polar surface area (TPSA) is 270 Å². The first-order valence-corrected chi connectivity index (χ1v) is 19.9. The van der Waals surface area contributed by atoms with Crippen molar-refractivity contribution < 1.29 is 56.1 Å². The lowest BCUT2D eigenvalue weighted by Crippen LogP contribution is -2.54. The Morgan fingerprint density at radius 3 is 2.48 bits per heavy atom. The van der Waals surface area contributed by atoms with Crippen LogP contribution in [0.2, 0.25) is 0 Å². The number of rotatable bonds is 21. The van der Waals surface area contributed by atoms with Crippen LogP contribution in [0, 0.1) is 0 Å². The second-order valence-corrected chi connectivity index (χ2v) is 14.4. The molecule has 5 amide bonds. The van der Waals surface area contributed by atoms with E-state index in [0.717, 1.165) is 16.7 Å². The number of imide groups is 2. The number of nitrogens with zero attached hydrogens (tertiary/aromatic N) is 5. The first-order chi connectivity index (χ1) is 30.8. The molecule has 8 N–H and O–H groups in total. The number of hydrogen-bond donors (Lipinski definition) is 7. The number of piperidine rings is 1. The standard InChI is InChI=1S/C41H42F3N11O9/c42-41(43,44)22-49-31-18-24(10-11-48-31)38-51-29(21-64-38)36(58)50-28-20-54(53-34(28)35(45)57)25-6-4-23(5-7-25)19-46-12-14-62-16-17-63-15-13-47-27-3-1-2-26-33(27)40(61)55(39(26)60)30-8-9-32(56)52-37(30)59/h1-7,10-11,18,20-21,30,36,46-47,50,58H,8-9,12-17,19,22H2,(H2,45,57)(H,48,49)(H,52,56,59). The van der Waals surface area contributed by atoms with Gasteiger partial charge >= 0.3 is 6.18 Å². The van der Waals surface area contributed by atoms with E-state index in [-0.39, 0.29) is 52.8 Å². The molecule has 0 saturated carbocycles. The van der Waals surface area contributed by atoms with Gasteiger partial charge in [-0.25, -0.2) is 14.6 Å². The van der Waals surface area contributed by atoms with Crippen molar-refractivity contribution in [2.24, 2.45) is 5.73 Å². The molecule has 2 atom stereocenters. The van der Waals surface area contributed by atoms with Crippen LogP contribution in [0.15, 0.2) is 77.7 Å². The van der Waals surface area contributed by atoms with Gasteiger partial charge in [-0.3, -0.25) is 34.2 Å². The molecule has 64 heavy (non-hydrogen) atoms. The number of aliphatic hydroxyl groups is 1. The quantitative estimate of drug-likeness (QED) is 0.0317. The maximum Gasteiger partial charge on any atom is 0.405 e. The number of nitrogens with one attached hydrogen (secondary N) is 5. The Bertz CT molecular complexity index is 2510. The minimum absolute atomic E-state index is 0.00715. The molecular formula is C41H42F3N11O9. The van der Waals surface area contributed by atoms with E-state index >= 15 is 0 Å². The van der Waals surface area contributed by atoms with Gasteiger partial charge in [-0.15, -0.1) is 0 Å². The summed E-state index contributed by atoms with van der Waals surface area (Å²) >= 11 is 0. The number of oxazole rings is 1. The molecule has 0 aliphatic carbocycles. The molecule has 0 bridgehead atoms. The number of benzene rings is 2. The van der Waals surface area contributed by atoms with E-state index in [4.69, 9.17) is 19.6 Å². The van der Waals surface area contributed by atoms with Crippen LogP contribution in [0.5, 0.6) is 0 Å². The van der Waals surface area contributed by atoms with Crippen LogP contribution in [-0.4, -0.2) is 118 Å². The van der Waals surface area contributed by atoms with Gasteiger partial charge in [0, 0.05) is 43.5 Å². The zero-order valence-electron chi connectivity index (χ0n) is 33.8. The van der Waals surface area contributed by atoms with Gasteiger partial charge in [-0.05, 0) is 48.4 Å². The number of aliphatic hydroxyl groups excluding tert-OH is 1. The third-order valence-electron chi connectivity index (χ3n) is 9.87. The SMILES string of the molecule is NC(=O)c1nn(-c2ccc(CNCCOCCOCCNc3cccc4c3C(=O)N(C3CCC(=O)NC3=O)C4=O)cc2)cc1NC(O)c1coc(-c2ccnc(NCC(F)(F)F)c2)n1. The van der Waals surface area contributed by atoms with Crippen LogP contribution in [0.1, 0.15) is 61.5 Å². The number of amides is 5.